The average Bonchev–Trinajstić information content (AvgIpc) is 2.60. The molecule has 1 atom stereocenters. The highest BCUT2D eigenvalue weighted by Crippen LogP contribution is 2.23. The Morgan fingerprint density at radius 2 is 1.96 bits per heavy atom. The van der Waals surface area contributed by atoms with Gasteiger partial charge >= 0.3 is 0 Å². The van der Waals surface area contributed by atoms with Crippen LogP contribution < -0.4 is 4.74 Å². The van der Waals surface area contributed by atoms with Crippen LogP contribution in [0.2, 0.25) is 0 Å². The summed E-state index contributed by atoms with van der Waals surface area (Å²) in [4.78, 5) is 16.8. The van der Waals surface area contributed by atoms with Crippen LogP contribution in [0.25, 0.3) is 0 Å². The average molecular weight is 318 g/mol. The number of methoxy groups -OCH3 is 1. The lowest BCUT2D eigenvalue weighted by Crippen LogP contribution is -2.48. The van der Waals surface area contributed by atoms with E-state index in [2.05, 4.69) is 11.0 Å². The minimum atomic E-state index is -0.117. The zero-order valence-electron chi connectivity index (χ0n) is 14.9. The molecule has 4 nitrogen and oxygen atoms in total. The van der Waals surface area contributed by atoms with E-state index in [1.165, 1.54) is 19.3 Å². The van der Waals surface area contributed by atoms with E-state index in [4.69, 9.17) is 4.74 Å². The Hall–Kier alpha value is -1.55. The number of hydrogen-bond acceptors (Lipinski definition) is 3. The maximum atomic E-state index is 12.8. The lowest BCUT2D eigenvalue weighted by molar-refractivity contribution is -0.137. The summed E-state index contributed by atoms with van der Waals surface area (Å²) in [6, 6.07) is 8.33. The van der Waals surface area contributed by atoms with Crippen molar-refractivity contribution in [2.24, 2.45) is 0 Å². The van der Waals surface area contributed by atoms with Gasteiger partial charge in [-0.3, -0.25) is 9.69 Å². The number of hydrogen-bond donors (Lipinski definition) is 0. The van der Waals surface area contributed by atoms with Gasteiger partial charge in [0.25, 0.3) is 0 Å². The van der Waals surface area contributed by atoms with Crippen molar-refractivity contribution in [2.75, 3.05) is 21.2 Å². The summed E-state index contributed by atoms with van der Waals surface area (Å²) in [6.45, 7) is 2.74. The Bertz CT molecular complexity index is 512. The van der Waals surface area contributed by atoms with Crippen molar-refractivity contribution in [1.29, 1.82) is 0 Å². The monoisotopic (exact) mass is 318 g/mol. The summed E-state index contributed by atoms with van der Waals surface area (Å²) in [5.41, 5.74) is 1.16. The molecule has 2 rings (SSSR count). The maximum Gasteiger partial charge on any atom is 0.239 e. The predicted octanol–water partition coefficient (Wildman–Crippen LogP) is 3.31. The van der Waals surface area contributed by atoms with Crippen LogP contribution in [0.15, 0.2) is 24.3 Å². The number of benzene rings is 1. The van der Waals surface area contributed by atoms with E-state index in [0.29, 0.717) is 6.04 Å². The van der Waals surface area contributed by atoms with Crippen LogP contribution in [0.1, 0.15) is 44.6 Å². The van der Waals surface area contributed by atoms with Gasteiger partial charge in [-0.2, -0.15) is 0 Å². The Balaban J connectivity index is 1.94. The lowest BCUT2D eigenvalue weighted by Gasteiger charge is -2.35. The Morgan fingerprint density at radius 3 is 2.61 bits per heavy atom. The van der Waals surface area contributed by atoms with Gasteiger partial charge in [0.15, 0.2) is 0 Å². The van der Waals surface area contributed by atoms with E-state index < -0.39 is 0 Å². The number of rotatable bonds is 6. The number of amides is 1. The van der Waals surface area contributed by atoms with E-state index in [1.54, 1.807) is 7.11 Å². The van der Waals surface area contributed by atoms with Gasteiger partial charge < -0.3 is 9.64 Å². The minimum absolute atomic E-state index is 0.117. The molecule has 0 heterocycles. The highest BCUT2D eigenvalue weighted by Gasteiger charge is 2.27. The van der Waals surface area contributed by atoms with Crippen molar-refractivity contribution in [3.63, 3.8) is 0 Å². The molecule has 1 aromatic rings. The molecule has 1 fully saturated rings. The zero-order chi connectivity index (χ0) is 16.8. The number of carbonyl (C=O) groups excluding carboxylic acids is 1. The molecule has 0 aliphatic heterocycles. The summed E-state index contributed by atoms with van der Waals surface area (Å²) in [7, 11) is 5.65. The van der Waals surface area contributed by atoms with Crippen molar-refractivity contribution >= 4 is 5.91 Å². The fourth-order valence-electron chi connectivity index (χ4n) is 3.33. The maximum absolute atomic E-state index is 12.8. The molecule has 1 aromatic carbocycles. The van der Waals surface area contributed by atoms with E-state index >= 15 is 0 Å². The fourth-order valence-corrected chi connectivity index (χ4v) is 3.33. The van der Waals surface area contributed by atoms with Gasteiger partial charge in [-0.05, 0) is 44.5 Å². The molecule has 128 valence electrons. The summed E-state index contributed by atoms with van der Waals surface area (Å²) < 4.78 is 5.27. The molecule has 1 aliphatic carbocycles. The molecule has 1 saturated carbocycles. The van der Waals surface area contributed by atoms with Crippen LogP contribution in [0.5, 0.6) is 5.75 Å². The second kappa shape index (κ2) is 8.34. The van der Waals surface area contributed by atoms with E-state index in [0.717, 1.165) is 30.7 Å². The third-order valence-electron chi connectivity index (χ3n) is 5.05. The predicted molar refractivity (Wildman–Crippen MR) is 93.6 cm³/mol. The smallest absolute Gasteiger partial charge is 0.239 e. The van der Waals surface area contributed by atoms with E-state index in [-0.39, 0.29) is 11.9 Å². The summed E-state index contributed by atoms with van der Waals surface area (Å²) in [5, 5.41) is 0. The van der Waals surface area contributed by atoms with Gasteiger partial charge in [0, 0.05) is 19.6 Å². The highest BCUT2D eigenvalue weighted by molar-refractivity contribution is 5.81. The molecular formula is C19H30N2O2. The van der Waals surface area contributed by atoms with Crippen molar-refractivity contribution in [1.82, 2.24) is 9.80 Å². The number of carbonyl (C=O) groups is 1. The molecule has 0 aromatic heterocycles. The third-order valence-corrected chi connectivity index (χ3v) is 5.05. The van der Waals surface area contributed by atoms with Crippen LogP contribution in [-0.4, -0.2) is 49.0 Å². The second-order valence-electron chi connectivity index (χ2n) is 6.68. The number of nitrogens with zero attached hydrogens (tertiary/aromatic N) is 2. The number of ether oxygens (including phenoxy) is 1. The first-order chi connectivity index (χ1) is 11.0. The molecule has 0 N–H and O–H groups in total. The van der Waals surface area contributed by atoms with Crippen LogP contribution in [0, 0.1) is 0 Å². The summed E-state index contributed by atoms with van der Waals surface area (Å²) in [5.74, 6) is 1.08. The van der Waals surface area contributed by atoms with E-state index in [9.17, 15) is 4.79 Å². The SMILES string of the molecule is COc1cccc(CN(C)C(C)C(=O)N(C)C2CCCCC2)c1. The first-order valence-corrected chi connectivity index (χ1v) is 8.62. The normalized spacial score (nSPS) is 17.1. The minimum Gasteiger partial charge on any atom is -0.497 e. The quantitative estimate of drug-likeness (QED) is 0.807. The van der Waals surface area contributed by atoms with Crippen LogP contribution in [0.4, 0.5) is 0 Å². The van der Waals surface area contributed by atoms with E-state index in [1.807, 2.05) is 44.1 Å². The van der Waals surface area contributed by atoms with Crippen molar-refractivity contribution < 1.29 is 9.53 Å². The molecule has 0 bridgehead atoms. The Kier molecular flexibility index (Phi) is 6.46. The Morgan fingerprint density at radius 1 is 1.26 bits per heavy atom. The number of likely N-dealkylation sites (N-methyl/N-ethyl adjacent to an activating group) is 2. The molecule has 0 saturated heterocycles. The van der Waals surface area contributed by atoms with Crippen LogP contribution in [-0.2, 0) is 11.3 Å². The highest BCUT2D eigenvalue weighted by atomic mass is 16.5. The van der Waals surface area contributed by atoms with Gasteiger partial charge in [-0.15, -0.1) is 0 Å². The zero-order valence-corrected chi connectivity index (χ0v) is 14.9. The molecule has 1 aliphatic rings. The van der Waals surface area contributed by atoms with Crippen LogP contribution in [0.3, 0.4) is 0 Å². The van der Waals surface area contributed by atoms with Gasteiger partial charge in [-0.25, -0.2) is 0 Å². The molecule has 0 radical (unpaired) electrons. The van der Waals surface area contributed by atoms with Gasteiger partial charge in [0.1, 0.15) is 5.75 Å². The molecule has 4 heteroatoms. The molecular weight excluding hydrogens is 288 g/mol. The topological polar surface area (TPSA) is 32.8 Å². The summed E-state index contributed by atoms with van der Waals surface area (Å²) in [6.07, 6.45) is 6.10. The van der Waals surface area contributed by atoms with Gasteiger partial charge in [-0.1, -0.05) is 31.4 Å². The summed E-state index contributed by atoms with van der Waals surface area (Å²) >= 11 is 0. The van der Waals surface area contributed by atoms with Crippen molar-refractivity contribution in [3.8, 4) is 5.75 Å². The Labute approximate surface area is 140 Å². The van der Waals surface area contributed by atoms with Gasteiger partial charge in [0.05, 0.1) is 13.2 Å². The second-order valence-corrected chi connectivity index (χ2v) is 6.68. The van der Waals surface area contributed by atoms with Crippen molar-refractivity contribution in [2.45, 2.75) is 57.7 Å². The molecule has 1 amide bonds. The van der Waals surface area contributed by atoms with Crippen LogP contribution >= 0.6 is 0 Å². The molecule has 1 unspecified atom stereocenters. The first kappa shape index (κ1) is 17.8. The fraction of sp³-hybridized carbons (Fsp3) is 0.632. The standard InChI is InChI=1S/C19H30N2O2/c1-15(19(22)21(3)17-10-6-5-7-11-17)20(2)14-16-9-8-12-18(13-16)23-4/h8-9,12-13,15,17H,5-7,10-11,14H2,1-4H3. The van der Waals surface area contributed by atoms with Crippen molar-refractivity contribution in [3.05, 3.63) is 29.8 Å². The first-order valence-electron chi connectivity index (χ1n) is 8.62. The molecule has 0 spiro atoms. The largest absolute Gasteiger partial charge is 0.497 e. The molecule has 23 heavy (non-hydrogen) atoms. The third kappa shape index (κ3) is 4.71. The lowest BCUT2D eigenvalue weighted by atomic mass is 9.94. The van der Waals surface area contributed by atoms with Gasteiger partial charge in [0.2, 0.25) is 5.91 Å².